The summed E-state index contributed by atoms with van der Waals surface area (Å²) in [5.41, 5.74) is 0.853. The van der Waals surface area contributed by atoms with Crippen molar-refractivity contribution in [2.24, 2.45) is 0 Å². The molecular weight excluding hydrogens is 252 g/mol. The number of nitrogens with one attached hydrogen (secondary N) is 1. The number of nitrogens with zero attached hydrogens (tertiary/aromatic N) is 1. The van der Waals surface area contributed by atoms with Crippen molar-refractivity contribution < 1.29 is 9.53 Å². The fourth-order valence-corrected chi connectivity index (χ4v) is 2.36. The number of hydrogen-bond donors (Lipinski definition) is 1. The van der Waals surface area contributed by atoms with Gasteiger partial charge >= 0.3 is 0 Å². The first-order chi connectivity index (χ1) is 9.53. The third-order valence-corrected chi connectivity index (χ3v) is 3.60. The molecule has 0 aromatic heterocycles. The monoisotopic (exact) mass is 274 g/mol. The average Bonchev–Trinajstić information content (AvgIpc) is 2.45. The van der Waals surface area contributed by atoms with Crippen molar-refractivity contribution in [1.29, 1.82) is 0 Å². The molecule has 1 amide bonds. The molecular formula is C16H22N2O2. The number of carbonyl (C=O) groups excluding carboxylic acids is 1. The highest BCUT2D eigenvalue weighted by molar-refractivity contribution is 5.92. The second kappa shape index (κ2) is 6.09. The minimum absolute atomic E-state index is 0.0623. The first-order valence-electron chi connectivity index (χ1n) is 6.87. The van der Waals surface area contributed by atoms with Gasteiger partial charge in [0.2, 0.25) is 5.91 Å². The number of ether oxygens (including phenoxy) is 1. The summed E-state index contributed by atoms with van der Waals surface area (Å²) in [5, 5.41) is 3.31. The van der Waals surface area contributed by atoms with E-state index in [1.165, 1.54) is 0 Å². The zero-order chi connectivity index (χ0) is 14.6. The third-order valence-electron chi connectivity index (χ3n) is 3.60. The maximum atomic E-state index is 12.3. The predicted molar refractivity (Wildman–Crippen MR) is 80.7 cm³/mol. The number of methoxy groups -OCH3 is 1. The van der Waals surface area contributed by atoms with Crippen LogP contribution in [-0.2, 0) is 4.79 Å². The van der Waals surface area contributed by atoms with Crippen molar-refractivity contribution in [3.63, 3.8) is 0 Å². The van der Waals surface area contributed by atoms with Crippen molar-refractivity contribution in [1.82, 2.24) is 10.2 Å². The van der Waals surface area contributed by atoms with E-state index >= 15 is 0 Å². The molecule has 0 radical (unpaired) electrons. The van der Waals surface area contributed by atoms with Crippen LogP contribution in [-0.4, -0.2) is 43.1 Å². The molecule has 0 bridgehead atoms. The average molecular weight is 274 g/mol. The van der Waals surface area contributed by atoms with Crippen LogP contribution in [0.3, 0.4) is 0 Å². The van der Waals surface area contributed by atoms with Crippen LogP contribution in [0.2, 0.25) is 0 Å². The molecule has 1 aliphatic rings. The molecule has 1 fully saturated rings. The van der Waals surface area contributed by atoms with Gasteiger partial charge in [-0.2, -0.15) is 0 Å². The Hall–Kier alpha value is -1.81. The Morgan fingerprint density at radius 3 is 2.65 bits per heavy atom. The molecule has 1 N–H and O–H groups in total. The van der Waals surface area contributed by atoms with Gasteiger partial charge in [0, 0.05) is 25.7 Å². The molecule has 108 valence electrons. The van der Waals surface area contributed by atoms with Gasteiger partial charge < -0.3 is 15.0 Å². The van der Waals surface area contributed by atoms with E-state index in [0.717, 1.165) is 30.9 Å². The van der Waals surface area contributed by atoms with Crippen LogP contribution >= 0.6 is 0 Å². The molecule has 1 saturated heterocycles. The number of benzene rings is 1. The van der Waals surface area contributed by atoms with Crippen molar-refractivity contribution in [2.75, 3.05) is 26.7 Å². The van der Waals surface area contributed by atoms with E-state index in [0.29, 0.717) is 0 Å². The van der Waals surface area contributed by atoms with Crippen LogP contribution in [0.15, 0.2) is 30.3 Å². The molecule has 2 rings (SSSR count). The highest BCUT2D eigenvalue weighted by Gasteiger charge is 2.31. The van der Waals surface area contributed by atoms with Gasteiger partial charge in [0.1, 0.15) is 5.75 Å². The molecule has 0 atom stereocenters. The van der Waals surface area contributed by atoms with Gasteiger partial charge in [-0.05, 0) is 37.6 Å². The second-order valence-electron chi connectivity index (χ2n) is 5.59. The lowest BCUT2D eigenvalue weighted by Gasteiger charge is -2.42. The minimum Gasteiger partial charge on any atom is -0.497 e. The zero-order valence-corrected chi connectivity index (χ0v) is 12.3. The maximum absolute atomic E-state index is 12.3. The normalized spacial score (nSPS) is 18.2. The highest BCUT2D eigenvalue weighted by Crippen LogP contribution is 2.17. The van der Waals surface area contributed by atoms with Gasteiger partial charge in [-0.1, -0.05) is 12.1 Å². The Kier molecular flexibility index (Phi) is 4.45. The smallest absolute Gasteiger partial charge is 0.247 e. The predicted octanol–water partition coefficient (Wildman–Crippen LogP) is 1.92. The third kappa shape index (κ3) is 3.39. The van der Waals surface area contributed by atoms with E-state index in [9.17, 15) is 4.79 Å². The fraction of sp³-hybridized carbons (Fsp3) is 0.438. The van der Waals surface area contributed by atoms with Crippen molar-refractivity contribution in [2.45, 2.75) is 19.4 Å². The topological polar surface area (TPSA) is 41.6 Å². The number of hydrogen-bond acceptors (Lipinski definition) is 3. The molecule has 1 aromatic carbocycles. The van der Waals surface area contributed by atoms with Crippen molar-refractivity contribution in [3.05, 3.63) is 35.9 Å². The van der Waals surface area contributed by atoms with Gasteiger partial charge in [0.05, 0.1) is 12.6 Å². The van der Waals surface area contributed by atoms with Crippen LogP contribution in [0.4, 0.5) is 0 Å². The molecule has 1 aliphatic heterocycles. The van der Waals surface area contributed by atoms with E-state index in [-0.39, 0.29) is 11.4 Å². The Morgan fingerprint density at radius 2 is 2.05 bits per heavy atom. The van der Waals surface area contributed by atoms with E-state index in [1.807, 2.05) is 35.2 Å². The molecule has 0 saturated carbocycles. The Labute approximate surface area is 120 Å². The molecule has 0 spiro atoms. The summed E-state index contributed by atoms with van der Waals surface area (Å²) in [6.45, 7) is 6.59. The Morgan fingerprint density at radius 1 is 1.35 bits per heavy atom. The number of rotatable bonds is 3. The first kappa shape index (κ1) is 14.6. The van der Waals surface area contributed by atoms with Gasteiger partial charge in [-0.25, -0.2) is 0 Å². The summed E-state index contributed by atoms with van der Waals surface area (Å²) in [6.07, 6.45) is 3.49. The van der Waals surface area contributed by atoms with Crippen molar-refractivity contribution in [3.8, 4) is 5.75 Å². The summed E-state index contributed by atoms with van der Waals surface area (Å²) in [6, 6.07) is 7.65. The molecule has 4 heteroatoms. The number of amides is 1. The SMILES string of the molecule is COc1ccc(C=CC(=O)N2CCNCC2(C)C)cc1. The van der Waals surface area contributed by atoms with E-state index in [1.54, 1.807) is 13.2 Å². The van der Waals surface area contributed by atoms with Gasteiger partial charge in [-0.15, -0.1) is 0 Å². The summed E-state index contributed by atoms with van der Waals surface area (Å²) in [5.74, 6) is 0.879. The van der Waals surface area contributed by atoms with Gasteiger partial charge in [0.15, 0.2) is 0 Å². The van der Waals surface area contributed by atoms with E-state index < -0.39 is 0 Å². The zero-order valence-electron chi connectivity index (χ0n) is 12.3. The lowest BCUT2D eigenvalue weighted by Crippen LogP contribution is -2.59. The molecule has 4 nitrogen and oxygen atoms in total. The number of carbonyl (C=O) groups is 1. The fourth-order valence-electron chi connectivity index (χ4n) is 2.36. The second-order valence-corrected chi connectivity index (χ2v) is 5.59. The van der Waals surface area contributed by atoms with Gasteiger partial charge in [-0.3, -0.25) is 4.79 Å². The lowest BCUT2D eigenvalue weighted by atomic mass is 10.00. The number of piperazine rings is 1. The molecule has 1 heterocycles. The molecule has 0 aliphatic carbocycles. The van der Waals surface area contributed by atoms with Crippen LogP contribution < -0.4 is 10.1 Å². The standard InChI is InChI=1S/C16H22N2O2/c1-16(2)12-17-10-11-18(16)15(19)9-6-13-4-7-14(20-3)8-5-13/h4-9,17H,10-12H2,1-3H3. The highest BCUT2D eigenvalue weighted by atomic mass is 16.5. The molecule has 20 heavy (non-hydrogen) atoms. The van der Waals surface area contributed by atoms with Crippen LogP contribution in [0.5, 0.6) is 5.75 Å². The molecule has 1 aromatic rings. The summed E-state index contributed by atoms with van der Waals surface area (Å²) in [4.78, 5) is 14.2. The summed E-state index contributed by atoms with van der Waals surface area (Å²) in [7, 11) is 1.64. The first-order valence-corrected chi connectivity index (χ1v) is 6.87. The van der Waals surface area contributed by atoms with Gasteiger partial charge in [0.25, 0.3) is 0 Å². The maximum Gasteiger partial charge on any atom is 0.247 e. The quantitative estimate of drug-likeness (QED) is 0.856. The summed E-state index contributed by atoms with van der Waals surface area (Å²) < 4.78 is 5.11. The summed E-state index contributed by atoms with van der Waals surface area (Å²) >= 11 is 0. The largest absolute Gasteiger partial charge is 0.497 e. The minimum atomic E-state index is -0.139. The van der Waals surface area contributed by atoms with Crippen LogP contribution in [0, 0.1) is 0 Å². The molecule has 0 unspecified atom stereocenters. The lowest BCUT2D eigenvalue weighted by molar-refractivity contribution is -0.132. The van der Waals surface area contributed by atoms with E-state index in [4.69, 9.17) is 4.74 Å². The van der Waals surface area contributed by atoms with Crippen LogP contribution in [0.25, 0.3) is 6.08 Å². The van der Waals surface area contributed by atoms with Crippen LogP contribution in [0.1, 0.15) is 19.4 Å². The van der Waals surface area contributed by atoms with Crippen molar-refractivity contribution >= 4 is 12.0 Å². The van der Waals surface area contributed by atoms with E-state index in [2.05, 4.69) is 19.2 Å². The Bertz CT molecular complexity index is 492. The Balaban J connectivity index is 2.04.